The van der Waals surface area contributed by atoms with E-state index in [0.717, 1.165) is 11.3 Å². The van der Waals surface area contributed by atoms with Gasteiger partial charge in [-0.3, -0.25) is 4.79 Å². The van der Waals surface area contributed by atoms with Gasteiger partial charge >= 0.3 is 0 Å². The van der Waals surface area contributed by atoms with Crippen molar-refractivity contribution in [1.29, 1.82) is 0 Å². The van der Waals surface area contributed by atoms with Gasteiger partial charge in [-0.1, -0.05) is 35.4 Å². The number of nitrogens with one attached hydrogen (secondary N) is 1. The van der Waals surface area contributed by atoms with Crippen LogP contribution in [0.5, 0.6) is 11.5 Å². The van der Waals surface area contributed by atoms with Gasteiger partial charge in [-0.25, -0.2) is 0 Å². The molecule has 0 aliphatic heterocycles. The van der Waals surface area contributed by atoms with Gasteiger partial charge in [0.15, 0.2) is 6.61 Å². The summed E-state index contributed by atoms with van der Waals surface area (Å²) in [5, 5.41) is 3.32. The summed E-state index contributed by atoms with van der Waals surface area (Å²) in [7, 11) is 0. The number of carbonyl (C=O) groups excluding carboxylic acids is 1. The molecule has 0 spiro atoms. The molecule has 23 heavy (non-hydrogen) atoms. The fraction of sp³-hybridized carbons (Fsp3) is 0.278. The van der Waals surface area contributed by atoms with Crippen molar-refractivity contribution in [3.05, 3.63) is 58.6 Å². The maximum absolute atomic E-state index is 11.7. The number of halogens is 1. The van der Waals surface area contributed by atoms with Crippen LogP contribution in [0, 0.1) is 13.8 Å². The van der Waals surface area contributed by atoms with Crippen molar-refractivity contribution in [2.45, 2.75) is 13.8 Å². The Morgan fingerprint density at radius 2 is 1.96 bits per heavy atom. The lowest BCUT2D eigenvalue weighted by atomic mass is 10.1. The Bertz CT molecular complexity index is 673. The molecule has 0 fully saturated rings. The van der Waals surface area contributed by atoms with Crippen molar-refractivity contribution < 1.29 is 14.3 Å². The molecular formula is C18H20ClNO3. The average molecular weight is 334 g/mol. The van der Waals surface area contributed by atoms with Crippen molar-refractivity contribution >= 4 is 17.5 Å². The fourth-order valence-electron chi connectivity index (χ4n) is 2.07. The minimum Gasteiger partial charge on any atom is -0.491 e. The summed E-state index contributed by atoms with van der Waals surface area (Å²) >= 11 is 5.85. The number of ether oxygens (including phenoxy) is 2. The van der Waals surface area contributed by atoms with Crippen LogP contribution in [0.2, 0.25) is 5.02 Å². The normalized spacial score (nSPS) is 10.2. The standard InChI is InChI=1S/C18H20ClNO3/c1-13-6-7-17(14(2)10-13)22-9-8-20-18(21)12-23-16-5-3-4-15(19)11-16/h3-7,10-11H,8-9,12H2,1-2H3,(H,20,21). The minimum atomic E-state index is -0.200. The second-order valence-corrected chi connectivity index (χ2v) is 5.65. The van der Waals surface area contributed by atoms with Gasteiger partial charge in [0.2, 0.25) is 0 Å². The summed E-state index contributed by atoms with van der Waals surface area (Å²) in [4.78, 5) is 11.7. The lowest BCUT2D eigenvalue weighted by Gasteiger charge is -2.11. The first-order valence-corrected chi connectivity index (χ1v) is 7.77. The molecule has 2 aromatic rings. The molecule has 1 N–H and O–H groups in total. The first kappa shape index (κ1) is 17.2. The SMILES string of the molecule is Cc1ccc(OCCNC(=O)COc2cccc(Cl)c2)c(C)c1. The molecule has 1 amide bonds. The molecule has 0 aliphatic carbocycles. The predicted octanol–water partition coefficient (Wildman–Crippen LogP) is 3.53. The maximum Gasteiger partial charge on any atom is 0.258 e. The zero-order valence-corrected chi connectivity index (χ0v) is 14.0. The van der Waals surface area contributed by atoms with Gasteiger partial charge in [-0.15, -0.1) is 0 Å². The van der Waals surface area contributed by atoms with Crippen LogP contribution >= 0.6 is 11.6 Å². The van der Waals surface area contributed by atoms with Crippen LogP contribution < -0.4 is 14.8 Å². The van der Waals surface area contributed by atoms with Gasteiger partial charge in [0.05, 0.1) is 6.54 Å². The van der Waals surface area contributed by atoms with Crippen molar-refractivity contribution in [2.75, 3.05) is 19.8 Å². The second-order valence-electron chi connectivity index (χ2n) is 5.21. The van der Waals surface area contributed by atoms with E-state index in [-0.39, 0.29) is 12.5 Å². The summed E-state index contributed by atoms with van der Waals surface area (Å²) in [5.41, 5.74) is 2.28. The largest absolute Gasteiger partial charge is 0.491 e. The van der Waals surface area contributed by atoms with E-state index in [0.29, 0.717) is 23.9 Å². The molecule has 4 nitrogen and oxygen atoms in total. The van der Waals surface area contributed by atoms with Crippen molar-refractivity contribution in [3.63, 3.8) is 0 Å². The highest BCUT2D eigenvalue weighted by atomic mass is 35.5. The quantitative estimate of drug-likeness (QED) is 0.788. The Balaban J connectivity index is 1.66. The van der Waals surface area contributed by atoms with Crippen LogP contribution in [0.4, 0.5) is 0 Å². The summed E-state index contributed by atoms with van der Waals surface area (Å²) in [6, 6.07) is 12.9. The molecule has 0 unspecified atom stereocenters. The van der Waals surface area contributed by atoms with Crippen molar-refractivity contribution in [1.82, 2.24) is 5.32 Å². The Morgan fingerprint density at radius 3 is 2.70 bits per heavy atom. The number of hydrogen-bond acceptors (Lipinski definition) is 3. The molecule has 122 valence electrons. The molecule has 2 rings (SSSR count). The van der Waals surface area contributed by atoms with Crippen LogP contribution in [-0.4, -0.2) is 25.7 Å². The third-order valence-electron chi connectivity index (χ3n) is 3.18. The third kappa shape index (κ3) is 5.83. The summed E-state index contributed by atoms with van der Waals surface area (Å²) in [6.45, 7) is 4.82. The summed E-state index contributed by atoms with van der Waals surface area (Å²) < 4.78 is 11.0. The summed E-state index contributed by atoms with van der Waals surface area (Å²) in [6.07, 6.45) is 0. The third-order valence-corrected chi connectivity index (χ3v) is 3.41. The molecular weight excluding hydrogens is 314 g/mol. The Labute approximate surface area is 141 Å². The van der Waals surface area contributed by atoms with E-state index in [1.165, 1.54) is 5.56 Å². The zero-order chi connectivity index (χ0) is 16.7. The predicted molar refractivity (Wildman–Crippen MR) is 91.4 cm³/mol. The number of rotatable bonds is 7. The lowest BCUT2D eigenvalue weighted by molar-refractivity contribution is -0.123. The van der Waals surface area contributed by atoms with Gasteiger partial charge < -0.3 is 14.8 Å². The average Bonchev–Trinajstić information content (AvgIpc) is 2.51. The molecule has 0 saturated heterocycles. The van der Waals surface area contributed by atoms with Gasteiger partial charge in [-0.2, -0.15) is 0 Å². The molecule has 0 aromatic heterocycles. The Hall–Kier alpha value is -2.20. The highest BCUT2D eigenvalue weighted by Crippen LogP contribution is 2.18. The monoisotopic (exact) mass is 333 g/mol. The molecule has 0 radical (unpaired) electrons. The number of hydrogen-bond donors (Lipinski definition) is 1. The van der Waals surface area contributed by atoms with E-state index in [4.69, 9.17) is 21.1 Å². The van der Waals surface area contributed by atoms with Crippen LogP contribution in [0.1, 0.15) is 11.1 Å². The van der Waals surface area contributed by atoms with E-state index >= 15 is 0 Å². The first-order valence-electron chi connectivity index (χ1n) is 7.40. The van der Waals surface area contributed by atoms with E-state index < -0.39 is 0 Å². The van der Waals surface area contributed by atoms with Crippen molar-refractivity contribution in [3.8, 4) is 11.5 Å². The molecule has 5 heteroatoms. The minimum absolute atomic E-state index is 0.0517. The smallest absolute Gasteiger partial charge is 0.258 e. The topological polar surface area (TPSA) is 47.6 Å². The van der Waals surface area contributed by atoms with E-state index in [1.807, 2.05) is 26.0 Å². The van der Waals surface area contributed by atoms with Gasteiger partial charge in [0.1, 0.15) is 18.1 Å². The van der Waals surface area contributed by atoms with E-state index in [9.17, 15) is 4.79 Å². The van der Waals surface area contributed by atoms with E-state index in [2.05, 4.69) is 11.4 Å². The van der Waals surface area contributed by atoms with Crippen LogP contribution in [-0.2, 0) is 4.79 Å². The first-order chi connectivity index (χ1) is 11.0. The highest BCUT2D eigenvalue weighted by Gasteiger charge is 2.04. The van der Waals surface area contributed by atoms with Gasteiger partial charge in [0.25, 0.3) is 5.91 Å². The lowest BCUT2D eigenvalue weighted by Crippen LogP contribution is -2.32. The highest BCUT2D eigenvalue weighted by molar-refractivity contribution is 6.30. The zero-order valence-electron chi connectivity index (χ0n) is 13.3. The number of benzene rings is 2. The number of aryl methyl sites for hydroxylation is 2. The van der Waals surface area contributed by atoms with Crippen LogP contribution in [0.3, 0.4) is 0 Å². The molecule has 0 bridgehead atoms. The van der Waals surface area contributed by atoms with Crippen molar-refractivity contribution in [2.24, 2.45) is 0 Å². The Kier molecular flexibility index (Phi) is 6.29. The molecule has 2 aromatic carbocycles. The Morgan fingerprint density at radius 1 is 1.13 bits per heavy atom. The molecule has 0 atom stereocenters. The fourth-order valence-corrected chi connectivity index (χ4v) is 2.25. The van der Waals surface area contributed by atoms with Crippen LogP contribution in [0.15, 0.2) is 42.5 Å². The van der Waals surface area contributed by atoms with E-state index in [1.54, 1.807) is 24.3 Å². The molecule has 0 aliphatic rings. The number of amides is 1. The molecule has 0 heterocycles. The maximum atomic E-state index is 11.7. The van der Waals surface area contributed by atoms with Gasteiger partial charge in [-0.05, 0) is 43.7 Å². The van der Waals surface area contributed by atoms with Gasteiger partial charge in [0, 0.05) is 5.02 Å². The summed E-state index contributed by atoms with van der Waals surface area (Å²) in [5.74, 6) is 1.20. The number of carbonyl (C=O) groups is 1. The second kappa shape index (κ2) is 8.44. The van der Waals surface area contributed by atoms with Crippen LogP contribution in [0.25, 0.3) is 0 Å². The molecule has 0 saturated carbocycles.